The van der Waals surface area contributed by atoms with Crippen LogP contribution in [0.15, 0.2) is 0 Å². The van der Waals surface area contributed by atoms with Crippen LogP contribution < -0.4 is 0 Å². The Morgan fingerprint density at radius 3 is 1.67 bits per heavy atom. The molecule has 88 valence electrons. The van der Waals surface area contributed by atoms with Gasteiger partial charge in [0.05, 0.1) is 0 Å². The molecule has 0 fully saturated rings. The second kappa shape index (κ2) is 4.44. The van der Waals surface area contributed by atoms with Gasteiger partial charge in [0.25, 0.3) is 0 Å². The van der Waals surface area contributed by atoms with Gasteiger partial charge in [-0.25, -0.2) is 0 Å². The summed E-state index contributed by atoms with van der Waals surface area (Å²) in [7, 11) is -3.06. The number of rotatable bonds is 1. The maximum Gasteiger partial charge on any atom is 0.129 e. The first-order valence-electron chi connectivity index (χ1n) is 5.59. The Balaban J connectivity index is 4.86. The molecule has 0 saturated heterocycles. The number of aliphatic hydroxyl groups is 1. The van der Waals surface area contributed by atoms with Crippen molar-refractivity contribution in [3.63, 3.8) is 0 Å². The summed E-state index contributed by atoms with van der Waals surface area (Å²) in [6.45, 7) is 17.7. The fourth-order valence-corrected chi connectivity index (χ4v) is 2.84. The predicted molar refractivity (Wildman–Crippen MR) is 74.3 cm³/mol. The van der Waals surface area contributed by atoms with Crippen molar-refractivity contribution < 1.29 is 5.11 Å². The zero-order chi connectivity index (χ0) is 12.5. The lowest BCUT2D eigenvalue weighted by molar-refractivity contribution is 0.292. The van der Waals surface area contributed by atoms with E-state index < -0.39 is 21.9 Å². The van der Waals surface area contributed by atoms with Crippen LogP contribution in [0.2, 0.25) is 37.8 Å². The molecule has 0 heterocycles. The topological polar surface area (TPSA) is 20.2 Å². The third-order valence-electron chi connectivity index (χ3n) is 3.20. The highest BCUT2D eigenvalue weighted by Crippen LogP contribution is 2.37. The highest BCUT2D eigenvalue weighted by atomic mass is 28.3. The maximum atomic E-state index is 10.2. The molecule has 3 heteroatoms. The number of aliphatic hydroxyl groups excluding tert-OH is 1. The lowest BCUT2D eigenvalue weighted by Crippen LogP contribution is -2.48. The highest BCUT2D eigenvalue weighted by Gasteiger charge is 2.41. The van der Waals surface area contributed by atoms with Gasteiger partial charge in [-0.1, -0.05) is 59.4 Å². The summed E-state index contributed by atoms with van der Waals surface area (Å²) in [5.74, 6) is 3.10. The van der Waals surface area contributed by atoms with Crippen LogP contribution in [-0.2, 0) is 0 Å². The van der Waals surface area contributed by atoms with Crippen molar-refractivity contribution in [1.82, 2.24) is 0 Å². The SMILES string of the molecule is CC(C)(C)[Si](C)(C)[C@@H](O)C#C[Si](C)(C)C. The third-order valence-corrected chi connectivity index (χ3v) is 9.47. The van der Waals surface area contributed by atoms with E-state index in [2.05, 4.69) is 65.0 Å². The number of hydrogen-bond acceptors (Lipinski definition) is 1. The van der Waals surface area contributed by atoms with Crippen LogP contribution in [0.5, 0.6) is 0 Å². The van der Waals surface area contributed by atoms with Gasteiger partial charge in [0, 0.05) is 0 Å². The molecule has 15 heavy (non-hydrogen) atoms. The molecule has 0 aromatic heterocycles. The van der Waals surface area contributed by atoms with Crippen LogP contribution in [0.1, 0.15) is 20.8 Å². The van der Waals surface area contributed by atoms with Crippen LogP contribution in [0.4, 0.5) is 0 Å². The van der Waals surface area contributed by atoms with E-state index in [9.17, 15) is 5.11 Å². The van der Waals surface area contributed by atoms with E-state index in [4.69, 9.17) is 0 Å². The first kappa shape index (κ1) is 15.0. The molecule has 0 bridgehead atoms. The van der Waals surface area contributed by atoms with Crippen LogP contribution in [0.3, 0.4) is 0 Å². The van der Waals surface area contributed by atoms with Gasteiger partial charge in [-0.3, -0.25) is 0 Å². The smallest absolute Gasteiger partial charge is 0.129 e. The van der Waals surface area contributed by atoms with Crippen LogP contribution >= 0.6 is 0 Å². The van der Waals surface area contributed by atoms with E-state index in [0.29, 0.717) is 0 Å². The summed E-state index contributed by atoms with van der Waals surface area (Å²) >= 11 is 0. The Morgan fingerprint density at radius 2 is 1.40 bits per heavy atom. The minimum Gasteiger partial charge on any atom is -0.384 e. The molecule has 0 unspecified atom stereocenters. The fraction of sp³-hybridized carbons (Fsp3) is 0.833. The molecule has 1 atom stereocenters. The lowest BCUT2D eigenvalue weighted by Gasteiger charge is -2.38. The molecular formula is C12H26OSi2. The summed E-state index contributed by atoms with van der Waals surface area (Å²) in [4.78, 5) is 0. The van der Waals surface area contributed by atoms with E-state index in [-0.39, 0.29) is 5.04 Å². The molecule has 1 nitrogen and oxygen atoms in total. The molecule has 0 aromatic carbocycles. The zero-order valence-electron chi connectivity index (χ0n) is 11.5. The minimum absolute atomic E-state index is 0.195. The summed E-state index contributed by atoms with van der Waals surface area (Å²) in [5, 5.41) is 10.4. The fourth-order valence-electron chi connectivity index (χ4n) is 0.875. The molecular weight excluding hydrogens is 216 g/mol. The molecule has 0 spiro atoms. The summed E-state index contributed by atoms with van der Waals surface area (Å²) < 4.78 is 0. The van der Waals surface area contributed by atoms with Gasteiger partial charge in [0.1, 0.15) is 21.9 Å². The summed E-state index contributed by atoms with van der Waals surface area (Å²) in [6.07, 6.45) is 0. The zero-order valence-corrected chi connectivity index (χ0v) is 13.5. The second-order valence-electron chi connectivity index (χ2n) is 6.89. The Kier molecular flexibility index (Phi) is 4.43. The highest BCUT2D eigenvalue weighted by molar-refractivity contribution is 6.85. The van der Waals surface area contributed by atoms with Crippen LogP contribution in [-0.4, -0.2) is 27.0 Å². The van der Waals surface area contributed by atoms with Crippen LogP contribution in [0.25, 0.3) is 0 Å². The first-order valence-corrected chi connectivity index (χ1v) is 12.2. The van der Waals surface area contributed by atoms with Crippen molar-refractivity contribution in [3.8, 4) is 11.5 Å². The van der Waals surface area contributed by atoms with Gasteiger partial charge in [-0.15, -0.1) is 5.54 Å². The minimum atomic E-state index is -1.70. The van der Waals surface area contributed by atoms with Crippen molar-refractivity contribution in [2.45, 2.75) is 64.3 Å². The van der Waals surface area contributed by atoms with Gasteiger partial charge in [-0.05, 0) is 5.04 Å². The Morgan fingerprint density at radius 1 is 1.00 bits per heavy atom. The molecule has 0 aliphatic heterocycles. The van der Waals surface area contributed by atoms with Crippen molar-refractivity contribution >= 4 is 16.1 Å². The first-order chi connectivity index (χ1) is 6.38. The van der Waals surface area contributed by atoms with Gasteiger partial charge in [0.2, 0.25) is 0 Å². The lowest BCUT2D eigenvalue weighted by atomic mass is 10.2. The maximum absolute atomic E-state index is 10.2. The molecule has 0 saturated carbocycles. The third kappa shape index (κ3) is 4.54. The van der Waals surface area contributed by atoms with Gasteiger partial charge < -0.3 is 5.11 Å². The summed E-state index contributed by atoms with van der Waals surface area (Å²) in [6, 6.07) is 0. The Hall–Kier alpha value is -0.0462. The second-order valence-corrected chi connectivity index (χ2v) is 17.1. The van der Waals surface area contributed by atoms with Crippen molar-refractivity contribution in [2.24, 2.45) is 0 Å². The van der Waals surface area contributed by atoms with Crippen molar-refractivity contribution in [1.29, 1.82) is 0 Å². The average Bonchev–Trinajstić information content (AvgIpc) is 1.96. The van der Waals surface area contributed by atoms with Crippen LogP contribution in [0, 0.1) is 11.5 Å². The quantitative estimate of drug-likeness (QED) is 0.553. The molecule has 0 aliphatic carbocycles. The molecule has 0 aliphatic rings. The standard InChI is InChI=1S/C12H26OSi2/c1-12(2,3)15(7,8)11(13)9-10-14(4,5)6/h11,13H,1-8H3/t11-/m1/s1. The van der Waals surface area contributed by atoms with Crippen molar-refractivity contribution in [2.75, 3.05) is 0 Å². The van der Waals surface area contributed by atoms with Gasteiger partial charge >= 0.3 is 0 Å². The van der Waals surface area contributed by atoms with E-state index >= 15 is 0 Å². The normalized spacial score (nSPS) is 15.5. The molecule has 0 rings (SSSR count). The average molecular weight is 243 g/mol. The van der Waals surface area contributed by atoms with Gasteiger partial charge in [0.15, 0.2) is 0 Å². The molecule has 0 amide bonds. The molecule has 1 N–H and O–H groups in total. The predicted octanol–water partition coefficient (Wildman–Crippen LogP) is 3.28. The van der Waals surface area contributed by atoms with E-state index in [1.807, 2.05) is 0 Å². The number of hydrogen-bond donors (Lipinski definition) is 1. The Labute approximate surface area is 97.3 Å². The van der Waals surface area contributed by atoms with E-state index in [1.54, 1.807) is 0 Å². The van der Waals surface area contributed by atoms with E-state index in [1.165, 1.54) is 0 Å². The largest absolute Gasteiger partial charge is 0.384 e. The molecule has 0 aromatic rings. The monoisotopic (exact) mass is 242 g/mol. The van der Waals surface area contributed by atoms with E-state index in [0.717, 1.165) is 0 Å². The molecule has 0 radical (unpaired) electrons. The van der Waals surface area contributed by atoms with Gasteiger partial charge in [-0.2, -0.15) is 0 Å². The summed E-state index contributed by atoms with van der Waals surface area (Å²) in [5.41, 5.74) is 2.87. The van der Waals surface area contributed by atoms with Crippen molar-refractivity contribution in [3.05, 3.63) is 0 Å². The Bertz CT molecular complexity index is 271.